The summed E-state index contributed by atoms with van der Waals surface area (Å²) in [5.41, 5.74) is 2.56. The van der Waals surface area contributed by atoms with Gasteiger partial charge in [0.15, 0.2) is 0 Å². The van der Waals surface area contributed by atoms with Crippen LogP contribution in [0.3, 0.4) is 0 Å². The lowest BCUT2D eigenvalue weighted by Crippen LogP contribution is -2.14. The van der Waals surface area contributed by atoms with Crippen LogP contribution in [0.5, 0.6) is 0 Å². The number of hydrogen-bond donors (Lipinski definition) is 1. The van der Waals surface area contributed by atoms with Gasteiger partial charge in [-0.25, -0.2) is 4.39 Å². The third kappa shape index (κ3) is 4.10. The first-order valence-corrected chi connectivity index (χ1v) is 7.28. The summed E-state index contributed by atoms with van der Waals surface area (Å²) in [5, 5.41) is 2.73. The molecule has 0 atom stereocenters. The Balaban J connectivity index is 1.92. The van der Waals surface area contributed by atoms with E-state index in [2.05, 4.69) is 5.32 Å². The van der Waals surface area contributed by atoms with Crippen molar-refractivity contribution in [1.29, 1.82) is 0 Å². The van der Waals surface area contributed by atoms with Gasteiger partial charge < -0.3 is 5.32 Å². The predicted molar refractivity (Wildman–Crippen MR) is 81.7 cm³/mol. The molecule has 0 fully saturated rings. The Labute approximate surface area is 122 Å². The number of halogens is 1. The first-order valence-electron chi connectivity index (χ1n) is 6.30. The summed E-state index contributed by atoms with van der Waals surface area (Å²) in [7, 11) is 0. The minimum atomic E-state index is -0.350. The van der Waals surface area contributed by atoms with Crippen LogP contribution < -0.4 is 5.32 Å². The van der Waals surface area contributed by atoms with E-state index in [1.165, 1.54) is 29.5 Å². The predicted octanol–water partition coefficient (Wildman–Crippen LogP) is 4.17. The van der Waals surface area contributed by atoms with Crippen molar-refractivity contribution in [3.8, 4) is 0 Å². The molecule has 1 amide bonds. The molecule has 2 aromatic carbocycles. The second-order valence-electron chi connectivity index (χ2n) is 4.61. The zero-order chi connectivity index (χ0) is 14.5. The van der Waals surface area contributed by atoms with E-state index in [-0.39, 0.29) is 11.7 Å². The number of nitrogens with one attached hydrogen (secondary N) is 1. The zero-order valence-corrected chi connectivity index (χ0v) is 12.3. The molecule has 2 nitrogen and oxygen atoms in total. The van der Waals surface area contributed by atoms with E-state index in [0.29, 0.717) is 11.4 Å². The molecule has 0 bridgehead atoms. The van der Waals surface area contributed by atoms with E-state index in [4.69, 9.17) is 0 Å². The normalized spacial score (nSPS) is 10.3. The zero-order valence-electron chi connectivity index (χ0n) is 11.4. The van der Waals surface area contributed by atoms with Gasteiger partial charge >= 0.3 is 0 Å². The van der Waals surface area contributed by atoms with Crippen LogP contribution in [-0.2, 0) is 4.79 Å². The molecule has 1 N–H and O–H groups in total. The van der Waals surface area contributed by atoms with Crippen LogP contribution in [0.1, 0.15) is 11.1 Å². The van der Waals surface area contributed by atoms with Crippen LogP contribution in [0.25, 0.3) is 0 Å². The molecule has 0 aliphatic carbocycles. The molecular weight excluding hydrogens is 273 g/mol. The number of thioether (sulfide) groups is 1. The number of carbonyl (C=O) groups is 1. The fourth-order valence-electron chi connectivity index (χ4n) is 1.70. The Kier molecular flexibility index (Phi) is 4.79. The smallest absolute Gasteiger partial charge is 0.234 e. The molecule has 2 rings (SSSR count). The van der Waals surface area contributed by atoms with Crippen molar-refractivity contribution in [3.05, 3.63) is 59.4 Å². The van der Waals surface area contributed by atoms with E-state index in [1.807, 2.05) is 38.1 Å². The van der Waals surface area contributed by atoms with Crippen molar-refractivity contribution in [1.82, 2.24) is 0 Å². The van der Waals surface area contributed by atoms with E-state index in [9.17, 15) is 9.18 Å². The molecule has 0 unspecified atom stereocenters. The lowest BCUT2D eigenvalue weighted by atomic mass is 10.2. The van der Waals surface area contributed by atoms with Crippen LogP contribution in [0.2, 0.25) is 0 Å². The van der Waals surface area contributed by atoms with E-state index >= 15 is 0 Å². The van der Waals surface area contributed by atoms with Crippen molar-refractivity contribution < 1.29 is 9.18 Å². The molecule has 0 aliphatic heterocycles. The number of rotatable bonds is 4. The second kappa shape index (κ2) is 6.57. The summed E-state index contributed by atoms with van der Waals surface area (Å²) in [5.74, 6) is -0.180. The Bertz CT molecular complexity index is 610. The van der Waals surface area contributed by atoms with Crippen LogP contribution in [0.4, 0.5) is 10.1 Å². The van der Waals surface area contributed by atoms with Gasteiger partial charge in [0.1, 0.15) is 5.82 Å². The topological polar surface area (TPSA) is 29.1 Å². The van der Waals surface area contributed by atoms with Gasteiger partial charge in [-0.2, -0.15) is 0 Å². The second-order valence-corrected chi connectivity index (χ2v) is 5.66. The molecule has 4 heteroatoms. The molecule has 0 aromatic heterocycles. The molecule has 2 aromatic rings. The van der Waals surface area contributed by atoms with Gasteiger partial charge in [-0.1, -0.05) is 23.8 Å². The molecular formula is C16H16FNOS. The summed E-state index contributed by atoms with van der Waals surface area (Å²) in [6, 6.07) is 12.4. The fraction of sp³-hybridized carbons (Fsp3) is 0.188. The molecule has 0 radical (unpaired) electrons. The van der Waals surface area contributed by atoms with E-state index in [0.717, 1.165) is 10.5 Å². The van der Waals surface area contributed by atoms with Crippen molar-refractivity contribution in [2.45, 2.75) is 18.7 Å². The number of anilines is 1. The molecule has 104 valence electrons. The lowest BCUT2D eigenvalue weighted by Gasteiger charge is -2.08. The van der Waals surface area contributed by atoms with Crippen molar-refractivity contribution in [2.75, 3.05) is 11.1 Å². The van der Waals surface area contributed by atoms with Gasteiger partial charge in [-0.3, -0.25) is 4.79 Å². The van der Waals surface area contributed by atoms with Gasteiger partial charge in [-0.05, 0) is 43.7 Å². The van der Waals surface area contributed by atoms with Crippen molar-refractivity contribution in [3.63, 3.8) is 0 Å². The number of benzene rings is 2. The Hall–Kier alpha value is -1.81. The summed E-state index contributed by atoms with van der Waals surface area (Å²) < 4.78 is 13.1. The molecule has 0 saturated heterocycles. The number of aryl methyl sites for hydroxylation is 2. The first kappa shape index (κ1) is 14.6. The average molecular weight is 289 g/mol. The highest BCUT2D eigenvalue weighted by molar-refractivity contribution is 8.00. The van der Waals surface area contributed by atoms with Gasteiger partial charge in [0.25, 0.3) is 0 Å². The van der Waals surface area contributed by atoms with Gasteiger partial charge in [0, 0.05) is 10.6 Å². The summed E-state index contributed by atoms with van der Waals surface area (Å²) >= 11 is 1.46. The maximum absolute atomic E-state index is 13.1. The van der Waals surface area contributed by atoms with Crippen molar-refractivity contribution >= 4 is 23.4 Å². The minimum absolute atomic E-state index is 0.135. The molecule has 0 spiro atoms. The van der Waals surface area contributed by atoms with E-state index < -0.39 is 0 Å². The van der Waals surface area contributed by atoms with Crippen molar-refractivity contribution in [2.24, 2.45) is 0 Å². The number of hydrogen-bond acceptors (Lipinski definition) is 2. The highest BCUT2D eigenvalue weighted by Crippen LogP contribution is 2.20. The van der Waals surface area contributed by atoms with Crippen LogP contribution in [0, 0.1) is 19.7 Å². The summed E-state index contributed by atoms with van der Waals surface area (Å²) in [6.45, 7) is 3.86. The standard InChI is InChI=1S/C16H16FNOS/c1-11-3-7-14(8-4-11)20-10-16(19)18-15-9-13(17)6-5-12(15)2/h3-9H,10H2,1-2H3,(H,18,19). The van der Waals surface area contributed by atoms with Crippen LogP contribution in [-0.4, -0.2) is 11.7 Å². The quantitative estimate of drug-likeness (QED) is 0.856. The highest BCUT2D eigenvalue weighted by atomic mass is 32.2. The largest absolute Gasteiger partial charge is 0.325 e. The highest BCUT2D eigenvalue weighted by Gasteiger charge is 2.06. The fourth-order valence-corrected chi connectivity index (χ4v) is 2.40. The molecule has 0 heterocycles. The van der Waals surface area contributed by atoms with Crippen LogP contribution in [0.15, 0.2) is 47.4 Å². The van der Waals surface area contributed by atoms with E-state index in [1.54, 1.807) is 6.07 Å². The first-order chi connectivity index (χ1) is 9.54. The van der Waals surface area contributed by atoms with Crippen LogP contribution >= 0.6 is 11.8 Å². The Morgan fingerprint density at radius 2 is 1.85 bits per heavy atom. The third-order valence-corrected chi connectivity index (χ3v) is 3.88. The lowest BCUT2D eigenvalue weighted by molar-refractivity contribution is -0.113. The minimum Gasteiger partial charge on any atom is -0.325 e. The third-order valence-electron chi connectivity index (χ3n) is 2.86. The van der Waals surface area contributed by atoms with Gasteiger partial charge in [0.2, 0.25) is 5.91 Å². The Morgan fingerprint density at radius 1 is 1.15 bits per heavy atom. The molecule has 0 aliphatic rings. The summed E-state index contributed by atoms with van der Waals surface area (Å²) in [4.78, 5) is 12.9. The number of amides is 1. The van der Waals surface area contributed by atoms with Gasteiger partial charge in [0.05, 0.1) is 5.75 Å². The van der Waals surface area contributed by atoms with Gasteiger partial charge in [-0.15, -0.1) is 11.8 Å². The molecule has 20 heavy (non-hydrogen) atoms. The number of carbonyl (C=O) groups excluding carboxylic acids is 1. The molecule has 0 saturated carbocycles. The SMILES string of the molecule is Cc1ccc(SCC(=O)Nc2cc(F)ccc2C)cc1. The maximum Gasteiger partial charge on any atom is 0.234 e. The summed E-state index contributed by atoms with van der Waals surface area (Å²) in [6.07, 6.45) is 0. The Morgan fingerprint density at radius 3 is 2.55 bits per heavy atom. The average Bonchev–Trinajstić information content (AvgIpc) is 2.42. The maximum atomic E-state index is 13.1. The monoisotopic (exact) mass is 289 g/mol.